The summed E-state index contributed by atoms with van der Waals surface area (Å²) >= 11 is 0. The fraction of sp³-hybridized carbons (Fsp3) is 0.500. The molecule has 1 heterocycles. The summed E-state index contributed by atoms with van der Waals surface area (Å²) in [4.78, 5) is 25.7. The van der Waals surface area contributed by atoms with Gasteiger partial charge < -0.3 is 20.4 Å². The van der Waals surface area contributed by atoms with E-state index in [0.717, 1.165) is 43.0 Å². The Labute approximate surface area is 174 Å². The molecular formula is C22H34N6O. The first-order valence-electron chi connectivity index (χ1n) is 10.2. The van der Waals surface area contributed by atoms with E-state index < -0.39 is 0 Å². The molecule has 0 aliphatic heterocycles. The van der Waals surface area contributed by atoms with Gasteiger partial charge in [0.05, 0.1) is 0 Å². The van der Waals surface area contributed by atoms with Gasteiger partial charge in [0.1, 0.15) is 5.69 Å². The minimum atomic E-state index is -0.175. The average molecular weight is 399 g/mol. The van der Waals surface area contributed by atoms with E-state index in [0.29, 0.717) is 18.2 Å². The summed E-state index contributed by atoms with van der Waals surface area (Å²) in [6.07, 6.45) is 0.895. The van der Waals surface area contributed by atoms with Crippen LogP contribution < -0.4 is 15.5 Å². The van der Waals surface area contributed by atoms with E-state index in [1.54, 1.807) is 6.07 Å². The van der Waals surface area contributed by atoms with Crippen molar-refractivity contribution in [3.05, 3.63) is 41.2 Å². The summed E-state index contributed by atoms with van der Waals surface area (Å²) in [7, 11) is 4.04. The third-order valence-electron chi connectivity index (χ3n) is 4.74. The summed E-state index contributed by atoms with van der Waals surface area (Å²) in [5.41, 5.74) is 4.36. The molecular weight excluding hydrogens is 364 g/mol. The number of benzene rings is 1. The Morgan fingerprint density at radius 3 is 2.41 bits per heavy atom. The number of nitrogens with one attached hydrogen (secondary N) is 2. The number of hydrogen-bond acceptors (Lipinski definition) is 6. The van der Waals surface area contributed by atoms with Crippen molar-refractivity contribution in [2.75, 3.05) is 50.5 Å². The second-order valence-electron chi connectivity index (χ2n) is 7.43. The molecule has 158 valence electrons. The monoisotopic (exact) mass is 398 g/mol. The van der Waals surface area contributed by atoms with E-state index in [4.69, 9.17) is 0 Å². The lowest BCUT2D eigenvalue weighted by molar-refractivity contribution is 0.0947. The van der Waals surface area contributed by atoms with Crippen LogP contribution in [0, 0.1) is 13.8 Å². The molecule has 2 aromatic rings. The van der Waals surface area contributed by atoms with Gasteiger partial charge in [-0.25, -0.2) is 9.97 Å². The zero-order valence-corrected chi connectivity index (χ0v) is 18.5. The third-order valence-corrected chi connectivity index (χ3v) is 4.74. The van der Waals surface area contributed by atoms with Crippen molar-refractivity contribution >= 4 is 23.2 Å². The van der Waals surface area contributed by atoms with Gasteiger partial charge in [-0.1, -0.05) is 0 Å². The van der Waals surface area contributed by atoms with Crippen LogP contribution in [0.5, 0.6) is 0 Å². The van der Waals surface area contributed by atoms with Gasteiger partial charge in [-0.3, -0.25) is 4.79 Å². The first-order chi connectivity index (χ1) is 13.8. The predicted octanol–water partition coefficient (Wildman–Crippen LogP) is 3.36. The first-order valence-corrected chi connectivity index (χ1v) is 10.2. The average Bonchev–Trinajstić information content (AvgIpc) is 2.67. The molecule has 0 fully saturated rings. The van der Waals surface area contributed by atoms with E-state index >= 15 is 0 Å². The molecule has 1 amide bonds. The smallest absolute Gasteiger partial charge is 0.270 e. The minimum Gasteiger partial charge on any atom is -0.372 e. The van der Waals surface area contributed by atoms with Crippen LogP contribution >= 0.6 is 0 Å². The van der Waals surface area contributed by atoms with Crippen molar-refractivity contribution in [3.63, 3.8) is 0 Å². The van der Waals surface area contributed by atoms with Crippen molar-refractivity contribution in [2.24, 2.45) is 0 Å². The maximum Gasteiger partial charge on any atom is 0.270 e. The van der Waals surface area contributed by atoms with Crippen molar-refractivity contribution < 1.29 is 4.79 Å². The fourth-order valence-corrected chi connectivity index (χ4v) is 3.12. The number of anilines is 3. The Kier molecular flexibility index (Phi) is 8.39. The van der Waals surface area contributed by atoms with E-state index in [-0.39, 0.29) is 5.91 Å². The van der Waals surface area contributed by atoms with Crippen LogP contribution in [0.25, 0.3) is 0 Å². The summed E-state index contributed by atoms with van der Waals surface area (Å²) in [6.45, 7) is 11.7. The predicted molar refractivity (Wildman–Crippen MR) is 120 cm³/mol. The maximum atomic E-state index is 12.5. The molecule has 0 radical (unpaired) electrons. The van der Waals surface area contributed by atoms with Crippen LogP contribution in [0.3, 0.4) is 0 Å². The number of nitrogens with zero attached hydrogens (tertiary/aromatic N) is 4. The van der Waals surface area contributed by atoms with Crippen molar-refractivity contribution in [1.82, 2.24) is 20.2 Å². The zero-order chi connectivity index (χ0) is 21.4. The van der Waals surface area contributed by atoms with Gasteiger partial charge in [-0.2, -0.15) is 0 Å². The van der Waals surface area contributed by atoms with Crippen LogP contribution in [0.1, 0.15) is 42.0 Å². The molecule has 0 saturated carbocycles. The highest BCUT2D eigenvalue weighted by molar-refractivity contribution is 5.92. The Balaban J connectivity index is 2.10. The fourth-order valence-electron chi connectivity index (χ4n) is 3.12. The second-order valence-corrected chi connectivity index (χ2v) is 7.43. The standard InChI is InChI=1S/C22H34N6O/c1-7-28(8-2)18-10-11-19(16(3)14-18)25-22-24-17(4)15-20(26-22)21(29)23-12-9-13-27(5)6/h10-11,14-15H,7-9,12-13H2,1-6H3,(H,23,29)(H,24,25,26). The van der Waals surface area contributed by atoms with Crippen LogP contribution in [0.2, 0.25) is 0 Å². The molecule has 0 bridgehead atoms. The van der Waals surface area contributed by atoms with Gasteiger partial charge in [0.25, 0.3) is 5.91 Å². The Morgan fingerprint density at radius 1 is 1.07 bits per heavy atom. The molecule has 7 heteroatoms. The zero-order valence-electron chi connectivity index (χ0n) is 18.5. The Hall–Kier alpha value is -2.67. The van der Waals surface area contributed by atoms with E-state index in [2.05, 4.69) is 63.3 Å². The first kappa shape index (κ1) is 22.6. The highest BCUT2D eigenvalue weighted by Crippen LogP contribution is 2.24. The van der Waals surface area contributed by atoms with Gasteiger partial charge in [-0.05, 0) is 84.6 Å². The molecule has 0 aliphatic rings. The number of aryl methyl sites for hydroxylation is 2. The lowest BCUT2D eigenvalue weighted by Crippen LogP contribution is -2.28. The molecule has 7 nitrogen and oxygen atoms in total. The van der Waals surface area contributed by atoms with Gasteiger partial charge in [0, 0.05) is 36.7 Å². The number of carbonyl (C=O) groups excluding carboxylic acids is 1. The Bertz CT molecular complexity index is 817. The summed E-state index contributed by atoms with van der Waals surface area (Å²) in [5.74, 6) is 0.257. The van der Waals surface area contributed by atoms with Crippen molar-refractivity contribution in [1.29, 1.82) is 0 Å². The van der Waals surface area contributed by atoms with Gasteiger partial charge >= 0.3 is 0 Å². The van der Waals surface area contributed by atoms with Gasteiger partial charge in [0.15, 0.2) is 0 Å². The van der Waals surface area contributed by atoms with Crippen molar-refractivity contribution in [3.8, 4) is 0 Å². The quantitative estimate of drug-likeness (QED) is 0.598. The summed E-state index contributed by atoms with van der Waals surface area (Å²) < 4.78 is 0. The van der Waals surface area contributed by atoms with E-state index in [1.807, 2.05) is 27.1 Å². The van der Waals surface area contributed by atoms with Crippen LogP contribution in [-0.4, -0.2) is 61.0 Å². The second kappa shape index (κ2) is 10.8. The lowest BCUT2D eigenvalue weighted by Gasteiger charge is -2.22. The molecule has 0 unspecified atom stereocenters. The number of amides is 1. The van der Waals surface area contributed by atoms with E-state index in [9.17, 15) is 4.79 Å². The molecule has 0 aliphatic carbocycles. The minimum absolute atomic E-state index is 0.175. The number of aromatic nitrogens is 2. The van der Waals surface area contributed by atoms with Crippen LogP contribution in [0.15, 0.2) is 24.3 Å². The normalized spacial score (nSPS) is 10.9. The van der Waals surface area contributed by atoms with Crippen LogP contribution in [-0.2, 0) is 0 Å². The molecule has 2 rings (SSSR count). The SMILES string of the molecule is CCN(CC)c1ccc(Nc2nc(C)cc(C(=O)NCCCN(C)C)n2)c(C)c1. The molecule has 2 N–H and O–H groups in total. The molecule has 1 aromatic heterocycles. The summed E-state index contributed by atoms with van der Waals surface area (Å²) in [5, 5.41) is 6.19. The molecule has 29 heavy (non-hydrogen) atoms. The number of rotatable bonds is 10. The highest BCUT2D eigenvalue weighted by atomic mass is 16.1. The maximum absolute atomic E-state index is 12.5. The lowest BCUT2D eigenvalue weighted by atomic mass is 10.1. The molecule has 0 atom stereocenters. The summed E-state index contributed by atoms with van der Waals surface area (Å²) in [6, 6.07) is 8.00. The van der Waals surface area contributed by atoms with Gasteiger partial charge in [-0.15, -0.1) is 0 Å². The molecule has 1 aromatic carbocycles. The largest absolute Gasteiger partial charge is 0.372 e. The number of hydrogen-bond donors (Lipinski definition) is 2. The van der Waals surface area contributed by atoms with Gasteiger partial charge in [0.2, 0.25) is 5.95 Å². The van der Waals surface area contributed by atoms with Crippen molar-refractivity contribution in [2.45, 2.75) is 34.1 Å². The molecule has 0 spiro atoms. The highest BCUT2D eigenvalue weighted by Gasteiger charge is 2.12. The molecule has 0 saturated heterocycles. The topological polar surface area (TPSA) is 73.4 Å². The Morgan fingerprint density at radius 2 is 1.79 bits per heavy atom. The van der Waals surface area contributed by atoms with Crippen LogP contribution in [0.4, 0.5) is 17.3 Å². The third kappa shape index (κ3) is 6.71. The number of carbonyl (C=O) groups is 1. The van der Waals surface area contributed by atoms with E-state index in [1.165, 1.54) is 5.69 Å².